The lowest BCUT2D eigenvalue weighted by Gasteiger charge is -2.09. The van der Waals surface area contributed by atoms with Gasteiger partial charge in [0.2, 0.25) is 0 Å². The summed E-state index contributed by atoms with van der Waals surface area (Å²) in [7, 11) is -4.05. The second-order valence-electron chi connectivity index (χ2n) is 6.17. The van der Waals surface area contributed by atoms with Crippen molar-refractivity contribution in [3.63, 3.8) is 0 Å². The molecule has 0 fully saturated rings. The van der Waals surface area contributed by atoms with Gasteiger partial charge in [-0.1, -0.05) is 47.5 Å². The second kappa shape index (κ2) is 9.67. The van der Waals surface area contributed by atoms with E-state index in [1.54, 1.807) is 42.5 Å². The van der Waals surface area contributed by atoms with Crippen LogP contribution in [-0.2, 0) is 14.9 Å². The number of nitriles is 1. The largest absolute Gasteiger partial charge is 0.377 e. The Labute approximate surface area is 189 Å². The molecule has 9 heteroatoms. The minimum Gasteiger partial charge on any atom is -0.377 e. The highest BCUT2D eigenvalue weighted by Crippen LogP contribution is 2.29. The molecule has 0 atom stereocenters. The fraction of sp³-hybridized carbons (Fsp3) is 0. The molecule has 0 spiro atoms. The van der Waals surface area contributed by atoms with Gasteiger partial charge in [0, 0.05) is 10.7 Å². The molecule has 1 N–H and O–H groups in total. The molecule has 3 rings (SSSR count). The van der Waals surface area contributed by atoms with Crippen molar-refractivity contribution >= 4 is 51.0 Å². The summed E-state index contributed by atoms with van der Waals surface area (Å²) in [5.41, 5.74) is 0.720. The van der Waals surface area contributed by atoms with Crippen LogP contribution in [0.3, 0.4) is 0 Å². The molecule has 0 saturated heterocycles. The van der Waals surface area contributed by atoms with Crippen molar-refractivity contribution in [2.75, 3.05) is 5.32 Å². The number of hydrogen-bond donors (Lipinski definition) is 1. The Hall–Kier alpha value is -3.31. The number of hydrogen-bond acceptors (Lipinski definition) is 5. The lowest BCUT2D eigenvalue weighted by molar-refractivity contribution is -0.112. The van der Waals surface area contributed by atoms with E-state index >= 15 is 0 Å². The molecular weight excluding hydrogens is 459 g/mol. The first-order valence-electron chi connectivity index (χ1n) is 8.76. The number of nitrogens with zero attached hydrogens (tertiary/aromatic N) is 1. The molecule has 0 aromatic heterocycles. The van der Waals surface area contributed by atoms with Crippen LogP contribution >= 0.6 is 23.2 Å². The first-order valence-corrected chi connectivity index (χ1v) is 10.9. The zero-order valence-corrected chi connectivity index (χ0v) is 18.1. The zero-order chi connectivity index (χ0) is 22.4. The smallest absolute Gasteiger partial charge is 0.339 e. The molecule has 156 valence electrons. The van der Waals surface area contributed by atoms with Gasteiger partial charge < -0.3 is 9.50 Å². The average Bonchev–Trinajstić information content (AvgIpc) is 2.76. The Kier molecular flexibility index (Phi) is 6.98. The van der Waals surface area contributed by atoms with Gasteiger partial charge in [0.05, 0.1) is 5.02 Å². The van der Waals surface area contributed by atoms with E-state index in [0.717, 1.165) is 0 Å². The summed E-state index contributed by atoms with van der Waals surface area (Å²) in [6.07, 6.45) is 1.33. The van der Waals surface area contributed by atoms with Crippen LogP contribution < -0.4 is 9.50 Å². The van der Waals surface area contributed by atoms with E-state index < -0.39 is 16.0 Å². The predicted octanol–water partition coefficient (Wildman–Crippen LogP) is 5.31. The van der Waals surface area contributed by atoms with E-state index in [9.17, 15) is 18.5 Å². The van der Waals surface area contributed by atoms with Crippen LogP contribution in [0.15, 0.2) is 83.3 Å². The van der Waals surface area contributed by atoms with E-state index in [1.807, 2.05) is 6.07 Å². The third-order valence-electron chi connectivity index (χ3n) is 3.97. The monoisotopic (exact) mass is 472 g/mol. The van der Waals surface area contributed by atoms with Gasteiger partial charge in [0.15, 0.2) is 5.75 Å². The molecule has 0 saturated carbocycles. The van der Waals surface area contributed by atoms with E-state index in [-0.39, 0.29) is 21.2 Å². The highest BCUT2D eigenvalue weighted by atomic mass is 35.5. The zero-order valence-electron chi connectivity index (χ0n) is 15.7. The topological polar surface area (TPSA) is 96.3 Å². The molecule has 3 aromatic rings. The number of halogens is 2. The average molecular weight is 473 g/mol. The molecule has 0 bridgehead atoms. The number of nitrogens with one attached hydrogen (secondary N) is 1. The lowest BCUT2D eigenvalue weighted by atomic mass is 10.1. The van der Waals surface area contributed by atoms with Gasteiger partial charge in [-0.15, -0.1) is 0 Å². The molecule has 31 heavy (non-hydrogen) atoms. The normalized spacial score (nSPS) is 11.5. The highest BCUT2D eigenvalue weighted by Gasteiger charge is 2.18. The first kappa shape index (κ1) is 22.4. The van der Waals surface area contributed by atoms with E-state index in [4.69, 9.17) is 27.4 Å². The van der Waals surface area contributed by atoms with Crippen LogP contribution in [0.2, 0.25) is 10.0 Å². The number of carbonyl (C=O) groups excluding carboxylic acids is 1. The number of benzene rings is 3. The van der Waals surface area contributed by atoms with Crippen LogP contribution in [0.1, 0.15) is 5.56 Å². The Morgan fingerprint density at radius 2 is 1.68 bits per heavy atom. The minimum atomic E-state index is -4.05. The molecule has 0 aliphatic rings. The molecule has 0 aliphatic carbocycles. The van der Waals surface area contributed by atoms with Gasteiger partial charge in [-0.2, -0.15) is 13.7 Å². The number of anilines is 1. The quantitative estimate of drug-likeness (QED) is 0.298. The van der Waals surface area contributed by atoms with Gasteiger partial charge in [-0.25, -0.2) is 0 Å². The summed E-state index contributed by atoms with van der Waals surface area (Å²) >= 11 is 12.0. The van der Waals surface area contributed by atoms with Gasteiger partial charge in [-0.05, 0) is 60.2 Å². The molecule has 0 heterocycles. The predicted molar refractivity (Wildman–Crippen MR) is 119 cm³/mol. The van der Waals surface area contributed by atoms with E-state index in [2.05, 4.69) is 5.32 Å². The van der Waals surface area contributed by atoms with Crippen molar-refractivity contribution in [3.05, 3.63) is 94.0 Å². The number of rotatable bonds is 6. The lowest BCUT2D eigenvalue weighted by Crippen LogP contribution is -2.13. The van der Waals surface area contributed by atoms with Crippen LogP contribution in [0.4, 0.5) is 5.69 Å². The van der Waals surface area contributed by atoms with Crippen LogP contribution in [0.25, 0.3) is 6.08 Å². The maximum Gasteiger partial charge on any atom is 0.339 e. The molecule has 0 unspecified atom stereocenters. The molecule has 0 aliphatic heterocycles. The minimum absolute atomic E-state index is 0.00338. The summed E-state index contributed by atoms with van der Waals surface area (Å²) in [5, 5.41) is 12.5. The van der Waals surface area contributed by atoms with Gasteiger partial charge in [0.25, 0.3) is 5.91 Å². The summed E-state index contributed by atoms with van der Waals surface area (Å²) in [5.74, 6) is -0.695. The second-order valence-corrected chi connectivity index (χ2v) is 8.56. The summed E-state index contributed by atoms with van der Waals surface area (Å²) < 4.78 is 29.8. The Morgan fingerprint density at radius 1 is 1.00 bits per heavy atom. The third kappa shape index (κ3) is 5.86. The van der Waals surface area contributed by atoms with Crippen molar-refractivity contribution in [2.24, 2.45) is 0 Å². The first-order chi connectivity index (χ1) is 14.8. The van der Waals surface area contributed by atoms with E-state index in [0.29, 0.717) is 16.3 Å². The molecule has 1 amide bonds. The highest BCUT2D eigenvalue weighted by molar-refractivity contribution is 7.87. The van der Waals surface area contributed by atoms with Crippen molar-refractivity contribution < 1.29 is 17.4 Å². The van der Waals surface area contributed by atoms with Gasteiger partial charge in [-0.3, -0.25) is 4.79 Å². The van der Waals surface area contributed by atoms with Gasteiger partial charge >= 0.3 is 10.1 Å². The van der Waals surface area contributed by atoms with Gasteiger partial charge in [0.1, 0.15) is 16.5 Å². The Balaban J connectivity index is 1.79. The Bertz CT molecular complexity index is 1280. The summed E-state index contributed by atoms with van der Waals surface area (Å²) in [4.78, 5) is 12.3. The third-order valence-corrected chi connectivity index (χ3v) is 5.76. The number of amides is 1. The van der Waals surface area contributed by atoms with Crippen molar-refractivity contribution in [3.8, 4) is 11.8 Å². The maximum absolute atomic E-state index is 12.4. The van der Waals surface area contributed by atoms with Crippen molar-refractivity contribution in [2.45, 2.75) is 4.90 Å². The van der Waals surface area contributed by atoms with E-state index in [1.165, 1.54) is 36.4 Å². The fourth-order valence-electron chi connectivity index (χ4n) is 2.47. The van der Waals surface area contributed by atoms with Crippen molar-refractivity contribution in [1.82, 2.24) is 0 Å². The van der Waals surface area contributed by atoms with Crippen LogP contribution in [0.5, 0.6) is 5.75 Å². The maximum atomic E-state index is 12.4. The summed E-state index contributed by atoms with van der Waals surface area (Å²) in [6.45, 7) is 0. The standard InChI is InChI=1S/C22H14Cl2N2O4S/c23-17-7-9-18(10-8-17)26-22(27)16(14-25)12-15-6-11-21(20(24)13-15)30-31(28,29)19-4-2-1-3-5-19/h1-13H,(H,26,27)/b16-12+. The summed E-state index contributed by atoms with van der Waals surface area (Å²) in [6, 6.07) is 20.1. The fourth-order valence-corrected chi connectivity index (χ4v) is 3.84. The molecular formula is C22H14Cl2N2O4S. The van der Waals surface area contributed by atoms with Crippen LogP contribution in [0, 0.1) is 11.3 Å². The molecule has 3 aromatic carbocycles. The SMILES string of the molecule is N#C/C(=C\c1ccc(OS(=O)(=O)c2ccccc2)c(Cl)c1)C(=O)Nc1ccc(Cl)cc1. The number of carbonyl (C=O) groups is 1. The van der Waals surface area contributed by atoms with Crippen LogP contribution in [-0.4, -0.2) is 14.3 Å². The van der Waals surface area contributed by atoms with Crippen molar-refractivity contribution in [1.29, 1.82) is 5.26 Å². The Morgan fingerprint density at radius 3 is 2.29 bits per heavy atom. The molecule has 0 radical (unpaired) electrons. The molecule has 6 nitrogen and oxygen atoms in total.